The van der Waals surface area contributed by atoms with Gasteiger partial charge in [-0.25, -0.2) is 0 Å². The van der Waals surface area contributed by atoms with Gasteiger partial charge in [-0.05, 0) is 0 Å². The van der Waals surface area contributed by atoms with Gasteiger partial charge in [-0.15, -0.1) is 0 Å². The molecule has 0 unspecified atom stereocenters. The number of Topliss-reactive ketones (excluding diaryl/α,β-unsaturated/α-hetero) is 1. The zero-order valence-corrected chi connectivity index (χ0v) is 7.12. The Morgan fingerprint density at radius 3 is 1.42 bits per heavy atom. The van der Waals surface area contributed by atoms with E-state index in [1.165, 1.54) is 0 Å². The molecule has 0 aliphatic rings. The molecule has 0 saturated carbocycles. The second-order valence-electron chi connectivity index (χ2n) is 2.16. The molecule has 0 aromatic heterocycles. The van der Waals surface area contributed by atoms with E-state index in [2.05, 4.69) is 9.47 Å². The van der Waals surface area contributed by atoms with Crippen LogP contribution in [0.1, 0.15) is 20.8 Å². The summed E-state index contributed by atoms with van der Waals surface area (Å²) in [5, 5.41) is 0. The molecule has 0 amide bonds. The first kappa shape index (κ1) is 10.6. The van der Waals surface area contributed by atoms with Gasteiger partial charge in [-0.1, -0.05) is 0 Å². The van der Waals surface area contributed by atoms with Crippen LogP contribution in [0.25, 0.3) is 0 Å². The summed E-state index contributed by atoms with van der Waals surface area (Å²) in [6.07, 6.45) is -1.40. The molecule has 12 heavy (non-hydrogen) atoms. The van der Waals surface area contributed by atoms with Gasteiger partial charge in [0.05, 0.1) is 0 Å². The highest BCUT2D eigenvalue weighted by atomic mass is 16.7. The summed E-state index contributed by atoms with van der Waals surface area (Å²) in [5.41, 5.74) is 0. The lowest BCUT2D eigenvalue weighted by Crippen LogP contribution is -2.29. The average molecular weight is 174 g/mol. The second-order valence-corrected chi connectivity index (χ2v) is 2.16. The van der Waals surface area contributed by atoms with Gasteiger partial charge in [0.15, 0.2) is 0 Å². The molecule has 0 aromatic rings. The third-order valence-corrected chi connectivity index (χ3v) is 0.878. The maximum Gasteiger partial charge on any atom is 0.306 e. The summed E-state index contributed by atoms with van der Waals surface area (Å²) in [6, 6.07) is 0. The first-order valence-electron chi connectivity index (χ1n) is 3.28. The number of ether oxygens (including phenoxy) is 2. The van der Waals surface area contributed by atoms with Crippen molar-refractivity contribution in [2.45, 2.75) is 27.1 Å². The maximum atomic E-state index is 10.7. The Labute approximate surface area is 69.6 Å². The average Bonchev–Trinajstić information content (AvgIpc) is 1.83. The highest BCUT2D eigenvalue weighted by Crippen LogP contribution is 1.97. The minimum absolute atomic E-state index is 0.527. The molecule has 0 saturated heterocycles. The van der Waals surface area contributed by atoms with Gasteiger partial charge in [-0.2, -0.15) is 0 Å². The monoisotopic (exact) mass is 174 g/mol. The van der Waals surface area contributed by atoms with Crippen LogP contribution in [-0.2, 0) is 23.9 Å². The number of carbonyl (C=O) groups excluding carboxylic acids is 3. The van der Waals surface area contributed by atoms with E-state index >= 15 is 0 Å². The van der Waals surface area contributed by atoms with E-state index in [1.807, 2.05) is 0 Å². The van der Waals surface area contributed by atoms with Crippen LogP contribution in [0.2, 0.25) is 0 Å². The van der Waals surface area contributed by atoms with Gasteiger partial charge < -0.3 is 9.47 Å². The van der Waals surface area contributed by atoms with Crippen molar-refractivity contribution < 1.29 is 23.9 Å². The number of carbonyl (C=O) groups is 3. The molecule has 5 nitrogen and oxygen atoms in total. The molecule has 0 aromatic carbocycles. The Bertz CT molecular complexity index is 192. The number of hydrogen-bond donors (Lipinski definition) is 0. The van der Waals surface area contributed by atoms with Crippen LogP contribution in [0.5, 0.6) is 0 Å². The molecule has 0 bridgehead atoms. The van der Waals surface area contributed by atoms with E-state index < -0.39 is 24.0 Å². The van der Waals surface area contributed by atoms with E-state index in [4.69, 9.17) is 0 Å². The van der Waals surface area contributed by atoms with Gasteiger partial charge in [0.1, 0.15) is 0 Å². The lowest BCUT2D eigenvalue weighted by Gasteiger charge is -2.12. The largest absolute Gasteiger partial charge is 0.418 e. The van der Waals surface area contributed by atoms with Crippen molar-refractivity contribution in [1.29, 1.82) is 0 Å². The summed E-state index contributed by atoms with van der Waals surface area (Å²) in [7, 11) is 0. The standard InChI is InChI=1S/C7H10O5/c1-4(8)7(11-5(2)9)12-6(3)10/h7H,1-3H3. The molecular weight excluding hydrogens is 164 g/mol. The molecule has 68 valence electrons. The van der Waals surface area contributed by atoms with E-state index in [0.717, 1.165) is 20.8 Å². The van der Waals surface area contributed by atoms with Gasteiger partial charge in [-0.3, -0.25) is 14.4 Å². The predicted octanol–water partition coefficient (Wildman–Crippen LogP) is 0.0277. The van der Waals surface area contributed by atoms with Crippen molar-refractivity contribution >= 4 is 17.7 Å². The molecule has 5 heteroatoms. The molecule has 0 N–H and O–H groups in total. The van der Waals surface area contributed by atoms with E-state index in [-0.39, 0.29) is 0 Å². The second kappa shape index (κ2) is 4.48. The molecule has 0 radical (unpaired) electrons. The first-order valence-corrected chi connectivity index (χ1v) is 3.28. The molecule has 0 atom stereocenters. The highest BCUT2D eigenvalue weighted by Gasteiger charge is 2.19. The van der Waals surface area contributed by atoms with Crippen LogP contribution in [0.4, 0.5) is 0 Å². The minimum atomic E-state index is -1.40. The Hall–Kier alpha value is -1.39. The molecule has 0 fully saturated rings. The number of ketones is 1. The smallest absolute Gasteiger partial charge is 0.306 e. The lowest BCUT2D eigenvalue weighted by atomic mass is 10.4. The zero-order chi connectivity index (χ0) is 9.72. The normalized spacial score (nSPS) is 9.33. The van der Waals surface area contributed by atoms with Crippen LogP contribution in [0, 0.1) is 0 Å². The maximum absolute atomic E-state index is 10.7. The number of hydrogen-bond acceptors (Lipinski definition) is 5. The third-order valence-electron chi connectivity index (χ3n) is 0.878. The summed E-state index contributed by atoms with van der Waals surface area (Å²) in [4.78, 5) is 31.4. The molecule has 0 aliphatic heterocycles. The van der Waals surface area contributed by atoms with Crippen LogP contribution in [-0.4, -0.2) is 24.0 Å². The van der Waals surface area contributed by atoms with Crippen molar-refractivity contribution in [3.05, 3.63) is 0 Å². The first-order chi connectivity index (χ1) is 5.43. The Morgan fingerprint density at radius 2 is 1.25 bits per heavy atom. The van der Waals surface area contributed by atoms with Crippen LogP contribution < -0.4 is 0 Å². The predicted molar refractivity (Wildman–Crippen MR) is 38.0 cm³/mol. The SMILES string of the molecule is CC(=O)OC(OC(C)=O)C(C)=O. The van der Waals surface area contributed by atoms with Crippen molar-refractivity contribution in [3.63, 3.8) is 0 Å². The summed E-state index contributed by atoms with van der Waals surface area (Å²) in [5.74, 6) is -1.87. The highest BCUT2D eigenvalue weighted by molar-refractivity contribution is 5.83. The lowest BCUT2D eigenvalue weighted by molar-refractivity contribution is -0.188. The zero-order valence-electron chi connectivity index (χ0n) is 7.12. The van der Waals surface area contributed by atoms with Crippen molar-refractivity contribution in [2.24, 2.45) is 0 Å². The van der Waals surface area contributed by atoms with Gasteiger partial charge in [0.2, 0.25) is 5.78 Å². The van der Waals surface area contributed by atoms with Crippen molar-refractivity contribution in [2.75, 3.05) is 0 Å². The Morgan fingerprint density at radius 1 is 0.917 bits per heavy atom. The number of rotatable bonds is 3. The van der Waals surface area contributed by atoms with Crippen molar-refractivity contribution in [1.82, 2.24) is 0 Å². The van der Waals surface area contributed by atoms with Gasteiger partial charge >= 0.3 is 18.2 Å². The molecular formula is C7H10O5. The summed E-state index contributed by atoms with van der Waals surface area (Å²) >= 11 is 0. The Balaban J connectivity index is 4.14. The summed E-state index contributed by atoms with van der Waals surface area (Å²) < 4.78 is 8.78. The summed E-state index contributed by atoms with van der Waals surface area (Å²) in [6.45, 7) is 3.41. The fraction of sp³-hybridized carbons (Fsp3) is 0.571. The third kappa shape index (κ3) is 4.43. The fourth-order valence-electron chi connectivity index (χ4n) is 0.491. The quantitative estimate of drug-likeness (QED) is 0.446. The van der Waals surface area contributed by atoms with Crippen LogP contribution in [0.15, 0.2) is 0 Å². The topological polar surface area (TPSA) is 69.7 Å². The van der Waals surface area contributed by atoms with Crippen LogP contribution >= 0.6 is 0 Å². The molecule has 0 rings (SSSR count). The molecule has 0 spiro atoms. The minimum Gasteiger partial charge on any atom is -0.418 e. The van der Waals surface area contributed by atoms with Gasteiger partial charge in [0.25, 0.3) is 0 Å². The van der Waals surface area contributed by atoms with E-state index in [1.54, 1.807) is 0 Å². The number of esters is 2. The van der Waals surface area contributed by atoms with E-state index in [0.29, 0.717) is 0 Å². The fourth-order valence-corrected chi connectivity index (χ4v) is 0.491. The van der Waals surface area contributed by atoms with E-state index in [9.17, 15) is 14.4 Å². The molecule has 0 aliphatic carbocycles. The van der Waals surface area contributed by atoms with Gasteiger partial charge in [0, 0.05) is 20.8 Å². The molecule has 0 heterocycles. The van der Waals surface area contributed by atoms with Crippen LogP contribution in [0.3, 0.4) is 0 Å². The van der Waals surface area contributed by atoms with Crippen molar-refractivity contribution in [3.8, 4) is 0 Å². The Kier molecular flexibility index (Phi) is 3.96.